The van der Waals surface area contributed by atoms with E-state index < -0.39 is 0 Å². The average Bonchev–Trinajstić information content (AvgIpc) is 2.29. The van der Waals surface area contributed by atoms with E-state index in [1.165, 1.54) is 0 Å². The van der Waals surface area contributed by atoms with Crippen LogP contribution < -0.4 is 5.32 Å². The van der Waals surface area contributed by atoms with Crippen LogP contribution in [0.4, 0.5) is 0 Å². The zero-order chi connectivity index (χ0) is 11.1. The largest absolute Gasteiger partial charge is 0.396 e. The van der Waals surface area contributed by atoms with Gasteiger partial charge >= 0.3 is 0 Å². The molecule has 0 aromatic heterocycles. The van der Waals surface area contributed by atoms with Crippen LogP contribution in [0.25, 0.3) is 0 Å². The van der Waals surface area contributed by atoms with Gasteiger partial charge in [-0.3, -0.25) is 4.79 Å². The Balaban J connectivity index is 2.64. The van der Waals surface area contributed by atoms with Crippen molar-refractivity contribution in [3.05, 3.63) is 35.4 Å². The molecule has 0 saturated carbocycles. The van der Waals surface area contributed by atoms with E-state index in [9.17, 15) is 4.79 Å². The summed E-state index contributed by atoms with van der Waals surface area (Å²) < 4.78 is 0. The zero-order valence-corrected chi connectivity index (χ0v) is 8.99. The van der Waals surface area contributed by atoms with Gasteiger partial charge in [0.1, 0.15) is 0 Å². The first kappa shape index (κ1) is 11.7. The number of carbonyl (C=O) groups excluding carboxylic acids is 1. The SMILES string of the molecule is CCc1ccccc1C(=O)NCCCO. The molecule has 1 amide bonds. The smallest absolute Gasteiger partial charge is 0.251 e. The van der Waals surface area contributed by atoms with Gasteiger partial charge in [-0.15, -0.1) is 0 Å². The Hall–Kier alpha value is -1.35. The van der Waals surface area contributed by atoms with Crippen LogP contribution in [0.5, 0.6) is 0 Å². The minimum Gasteiger partial charge on any atom is -0.396 e. The lowest BCUT2D eigenvalue weighted by atomic mass is 10.0. The summed E-state index contributed by atoms with van der Waals surface area (Å²) in [5, 5.41) is 11.4. The summed E-state index contributed by atoms with van der Waals surface area (Å²) in [4.78, 5) is 11.7. The molecule has 1 aromatic rings. The Labute approximate surface area is 90.1 Å². The maximum Gasteiger partial charge on any atom is 0.251 e. The van der Waals surface area contributed by atoms with Gasteiger partial charge in [0.25, 0.3) is 5.91 Å². The average molecular weight is 207 g/mol. The van der Waals surface area contributed by atoms with Crippen molar-refractivity contribution in [1.82, 2.24) is 5.32 Å². The quantitative estimate of drug-likeness (QED) is 0.716. The molecule has 0 aliphatic carbocycles. The third-order valence-electron chi connectivity index (χ3n) is 2.26. The first-order valence-corrected chi connectivity index (χ1v) is 5.26. The molecule has 0 aliphatic rings. The fourth-order valence-electron chi connectivity index (χ4n) is 1.43. The van der Waals surface area contributed by atoms with E-state index in [1.54, 1.807) is 0 Å². The molecule has 0 atom stereocenters. The summed E-state index contributed by atoms with van der Waals surface area (Å²) in [5.41, 5.74) is 1.79. The standard InChI is InChI=1S/C12H17NO2/c1-2-10-6-3-4-7-11(10)12(15)13-8-5-9-14/h3-4,6-7,14H,2,5,8-9H2,1H3,(H,13,15). The number of nitrogens with one attached hydrogen (secondary N) is 1. The fraction of sp³-hybridized carbons (Fsp3) is 0.417. The van der Waals surface area contributed by atoms with Gasteiger partial charge in [-0.05, 0) is 24.5 Å². The lowest BCUT2D eigenvalue weighted by molar-refractivity contribution is 0.0950. The van der Waals surface area contributed by atoms with Gasteiger partial charge in [-0.2, -0.15) is 0 Å². The van der Waals surface area contributed by atoms with Crippen molar-refractivity contribution in [3.63, 3.8) is 0 Å². The predicted octanol–water partition coefficient (Wildman–Crippen LogP) is 1.36. The molecule has 0 spiro atoms. The topological polar surface area (TPSA) is 49.3 Å². The number of carbonyl (C=O) groups is 1. The first-order valence-electron chi connectivity index (χ1n) is 5.26. The molecule has 82 valence electrons. The number of benzene rings is 1. The number of hydrogen-bond acceptors (Lipinski definition) is 2. The third-order valence-corrected chi connectivity index (χ3v) is 2.26. The minimum atomic E-state index is -0.0547. The van der Waals surface area contributed by atoms with Gasteiger partial charge in [0.05, 0.1) is 0 Å². The first-order chi connectivity index (χ1) is 7.29. The molecule has 0 saturated heterocycles. The summed E-state index contributed by atoms with van der Waals surface area (Å²) >= 11 is 0. The summed E-state index contributed by atoms with van der Waals surface area (Å²) in [6, 6.07) is 7.58. The lowest BCUT2D eigenvalue weighted by Gasteiger charge is -2.07. The van der Waals surface area contributed by atoms with Gasteiger partial charge in [-0.1, -0.05) is 25.1 Å². The van der Waals surface area contributed by atoms with Crippen molar-refractivity contribution < 1.29 is 9.90 Å². The normalized spacial score (nSPS) is 10.0. The van der Waals surface area contributed by atoms with E-state index in [0.29, 0.717) is 13.0 Å². The molecule has 2 N–H and O–H groups in total. The van der Waals surface area contributed by atoms with Crippen LogP contribution in [-0.4, -0.2) is 24.2 Å². The summed E-state index contributed by atoms with van der Waals surface area (Å²) in [7, 11) is 0. The van der Waals surface area contributed by atoms with Gasteiger partial charge in [-0.25, -0.2) is 0 Å². The second-order valence-electron chi connectivity index (χ2n) is 3.34. The Kier molecular flexibility index (Phi) is 4.84. The fourth-order valence-corrected chi connectivity index (χ4v) is 1.43. The maximum atomic E-state index is 11.7. The molecule has 0 bridgehead atoms. The summed E-state index contributed by atoms with van der Waals surface area (Å²) in [5.74, 6) is -0.0547. The van der Waals surface area contributed by atoms with Crippen molar-refractivity contribution in [2.75, 3.05) is 13.2 Å². The second-order valence-corrected chi connectivity index (χ2v) is 3.34. The molecule has 1 aromatic carbocycles. The number of hydrogen-bond donors (Lipinski definition) is 2. The van der Waals surface area contributed by atoms with Crippen LogP contribution in [0.15, 0.2) is 24.3 Å². The van der Waals surface area contributed by atoms with Crippen molar-refractivity contribution in [2.24, 2.45) is 0 Å². The number of aliphatic hydroxyl groups excluding tert-OH is 1. The van der Waals surface area contributed by atoms with Gasteiger partial charge in [0.15, 0.2) is 0 Å². The van der Waals surface area contributed by atoms with E-state index in [2.05, 4.69) is 5.32 Å². The van der Waals surface area contributed by atoms with E-state index >= 15 is 0 Å². The van der Waals surface area contributed by atoms with Gasteiger partial charge in [0, 0.05) is 18.7 Å². The molecule has 15 heavy (non-hydrogen) atoms. The molecule has 0 aliphatic heterocycles. The highest BCUT2D eigenvalue weighted by atomic mass is 16.3. The molecule has 3 heteroatoms. The molecule has 0 fully saturated rings. The lowest BCUT2D eigenvalue weighted by Crippen LogP contribution is -2.25. The van der Waals surface area contributed by atoms with Crippen LogP contribution in [-0.2, 0) is 6.42 Å². The number of rotatable bonds is 5. The molecule has 0 unspecified atom stereocenters. The number of aryl methyl sites for hydroxylation is 1. The van der Waals surface area contributed by atoms with Crippen LogP contribution in [0.3, 0.4) is 0 Å². The minimum absolute atomic E-state index is 0.0547. The molecule has 0 heterocycles. The van der Waals surface area contributed by atoms with Crippen LogP contribution >= 0.6 is 0 Å². The van der Waals surface area contributed by atoms with E-state index in [4.69, 9.17) is 5.11 Å². The van der Waals surface area contributed by atoms with Crippen molar-refractivity contribution in [2.45, 2.75) is 19.8 Å². The van der Waals surface area contributed by atoms with Crippen molar-refractivity contribution in [3.8, 4) is 0 Å². The summed E-state index contributed by atoms with van der Waals surface area (Å²) in [6.07, 6.45) is 1.45. The Morgan fingerprint density at radius 1 is 1.40 bits per heavy atom. The molecule has 0 radical (unpaired) electrons. The monoisotopic (exact) mass is 207 g/mol. The van der Waals surface area contributed by atoms with Gasteiger partial charge in [0.2, 0.25) is 0 Å². The van der Waals surface area contributed by atoms with Crippen LogP contribution in [0, 0.1) is 0 Å². The number of aliphatic hydroxyl groups is 1. The van der Waals surface area contributed by atoms with Gasteiger partial charge < -0.3 is 10.4 Å². The predicted molar refractivity (Wildman–Crippen MR) is 59.9 cm³/mol. The zero-order valence-electron chi connectivity index (χ0n) is 8.99. The Morgan fingerprint density at radius 2 is 2.13 bits per heavy atom. The molecular formula is C12H17NO2. The van der Waals surface area contributed by atoms with E-state index in [0.717, 1.165) is 17.5 Å². The van der Waals surface area contributed by atoms with Crippen LogP contribution in [0.1, 0.15) is 29.3 Å². The maximum absolute atomic E-state index is 11.7. The highest BCUT2D eigenvalue weighted by molar-refractivity contribution is 5.95. The molecule has 1 rings (SSSR count). The summed E-state index contributed by atoms with van der Waals surface area (Å²) in [6.45, 7) is 2.66. The third kappa shape index (κ3) is 3.36. The van der Waals surface area contributed by atoms with Crippen LogP contribution in [0.2, 0.25) is 0 Å². The Bertz CT molecular complexity index is 323. The van der Waals surface area contributed by atoms with Crippen molar-refractivity contribution >= 4 is 5.91 Å². The Morgan fingerprint density at radius 3 is 2.80 bits per heavy atom. The second kappa shape index (κ2) is 6.19. The van der Waals surface area contributed by atoms with E-state index in [-0.39, 0.29) is 12.5 Å². The highest BCUT2D eigenvalue weighted by Crippen LogP contribution is 2.08. The number of amides is 1. The highest BCUT2D eigenvalue weighted by Gasteiger charge is 2.07. The molecular weight excluding hydrogens is 190 g/mol. The molecule has 3 nitrogen and oxygen atoms in total. The van der Waals surface area contributed by atoms with E-state index in [1.807, 2.05) is 31.2 Å². The van der Waals surface area contributed by atoms with Crippen molar-refractivity contribution in [1.29, 1.82) is 0 Å².